The lowest BCUT2D eigenvalue weighted by molar-refractivity contribution is 0.383. The van der Waals surface area contributed by atoms with E-state index in [1.54, 1.807) is 36.7 Å². The second-order valence-corrected chi connectivity index (χ2v) is 6.39. The van der Waals surface area contributed by atoms with E-state index in [-0.39, 0.29) is 5.31 Å². The zero-order chi connectivity index (χ0) is 15.6. The molecule has 0 saturated heterocycles. The fourth-order valence-electron chi connectivity index (χ4n) is 2.19. The largest absolute Gasteiger partial charge is 0.371 e. The van der Waals surface area contributed by atoms with Gasteiger partial charge in [-0.15, -0.1) is 0 Å². The predicted molar refractivity (Wildman–Crippen MR) is 82.5 cm³/mol. The summed E-state index contributed by atoms with van der Waals surface area (Å²) in [6.45, 7) is 0. The Morgan fingerprint density at radius 1 is 1.05 bits per heavy atom. The molecule has 1 aliphatic heterocycles. The van der Waals surface area contributed by atoms with Crippen molar-refractivity contribution in [3.63, 3.8) is 0 Å². The van der Waals surface area contributed by atoms with Crippen molar-refractivity contribution < 1.29 is 14.4 Å². The van der Waals surface area contributed by atoms with Crippen LogP contribution >= 0.6 is 7.60 Å². The monoisotopic (exact) mass is 315 g/mol. The second kappa shape index (κ2) is 5.85. The summed E-state index contributed by atoms with van der Waals surface area (Å²) < 4.78 is 11.7. The second-order valence-electron chi connectivity index (χ2n) is 4.79. The maximum atomic E-state index is 11.7. The van der Waals surface area contributed by atoms with E-state index in [0.717, 1.165) is 0 Å². The number of dihydropyridines is 1. The van der Waals surface area contributed by atoms with Crippen LogP contribution in [0.1, 0.15) is 17.4 Å². The Morgan fingerprint density at radius 2 is 1.77 bits per heavy atom. The predicted octanol–water partition coefficient (Wildman–Crippen LogP) is 2.22. The summed E-state index contributed by atoms with van der Waals surface area (Å²) in [6, 6.07) is 10.4. The highest BCUT2D eigenvalue weighted by Crippen LogP contribution is 2.48. The van der Waals surface area contributed by atoms with Gasteiger partial charge in [-0.1, -0.05) is 12.1 Å². The Bertz CT molecular complexity index is 769. The van der Waals surface area contributed by atoms with Crippen LogP contribution in [0.25, 0.3) is 5.70 Å². The molecule has 0 spiro atoms. The lowest BCUT2D eigenvalue weighted by Crippen LogP contribution is -2.23. The molecule has 1 unspecified atom stereocenters. The van der Waals surface area contributed by atoms with Gasteiger partial charge in [-0.2, -0.15) is 0 Å². The molecule has 3 rings (SSSR count). The zero-order valence-electron chi connectivity index (χ0n) is 11.5. The summed E-state index contributed by atoms with van der Waals surface area (Å²) in [5.74, 6) is 0. The van der Waals surface area contributed by atoms with Crippen molar-refractivity contribution in [1.29, 1.82) is 0 Å². The Kier molecular flexibility index (Phi) is 3.90. The molecule has 22 heavy (non-hydrogen) atoms. The van der Waals surface area contributed by atoms with Crippen LogP contribution < -0.4 is 5.32 Å². The molecule has 0 bridgehead atoms. The smallest absolute Gasteiger partial charge is 0.356 e. The first-order valence-corrected chi connectivity index (χ1v) is 8.24. The number of nitrogens with zero attached hydrogens (tertiary/aromatic N) is 2. The van der Waals surface area contributed by atoms with Gasteiger partial charge in [0.25, 0.3) is 0 Å². The van der Waals surface area contributed by atoms with Crippen LogP contribution in [-0.4, -0.2) is 19.8 Å². The van der Waals surface area contributed by atoms with E-state index >= 15 is 0 Å². The third-order valence-electron chi connectivity index (χ3n) is 3.22. The average Bonchev–Trinajstić information content (AvgIpc) is 2.55. The van der Waals surface area contributed by atoms with E-state index in [2.05, 4.69) is 15.3 Å². The highest BCUT2D eigenvalue weighted by molar-refractivity contribution is 7.56. The van der Waals surface area contributed by atoms with Crippen molar-refractivity contribution in [3.05, 3.63) is 77.6 Å². The zero-order valence-corrected chi connectivity index (χ0v) is 12.4. The number of rotatable bonds is 3. The van der Waals surface area contributed by atoms with Crippen molar-refractivity contribution in [3.8, 4) is 0 Å². The molecule has 3 heterocycles. The number of hydrogen-bond donors (Lipinski definition) is 3. The third kappa shape index (κ3) is 3.14. The molecule has 2 aromatic rings. The molecule has 0 fully saturated rings. The quantitative estimate of drug-likeness (QED) is 0.752. The van der Waals surface area contributed by atoms with Crippen LogP contribution in [0.15, 0.2) is 66.3 Å². The van der Waals surface area contributed by atoms with Gasteiger partial charge < -0.3 is 15.1 Å². The van der Waals surface area contributed by atoms with Crippen LogP contribution in [0.5, 0.6) is 0 Å². The molecule has 6 nitrogen and oxygen atoms in total. The van der Waals surface area contributed by atoms with Crippen LogP contribution in [0.3, 0.4) is 0 Å². The molecule has 0 aliphatic carbocycles. The fourth-order valence-corrected chi connectivity index (χ4v) is 2.83. The Labute approximate surface area is 127 Å². The first kappa shape index (κ1) is 14.7. The molecule has 0 amide bonds. The first-order valence-electron chi connectivity index (χ1n) is 6.62. The molecule has 1 aliphatic rings. The van der Waals surface area contributed by atoms with Crippen LogP contribution in [0.4, 0.5) is 0 Å². The number of hydrogen-bond acceptors (Lipinski definition) is 4. The maximum Gasteiger partial charge on any atom is 0.356 e. The minimum Gasteiger partial charge on any atom is -0.371 e. The van der Waals surface area contributed by atoms with Gasteiger partial charge in [0.15, 0.2) is 0 Å². The van der Waals surface area contributed by atoms with E-state index in [4.69, 9.17) is 0 Å². The van der Waals surface area contributed by atoms with E-state index < -0.39 is 13.6 Å². The number of nitrogens with one attached hydrogen (secondary N) is 1. The summed E-state index contributed by atoms with van der Waals surface area (Å²) in [4.78, 5) is 27.5. The SMILES string of the molecule is O=P(O)(O)C1=CC(c2ccccn2)NC(c2ccccn2)=C1. The summed E-state index contributed by atoms with van der Waals surface area (Å²) in [5.41, 5.74) is 1.84. The van der Waals surface area contributed by atoms with E-state index in [1.807, 2.05) is 12.1 Å². The molecule has 0 radical (unpaired) electrons. The van der Waals surface area contributed by atoms with E-state index in [9.17, 15) is 14.4 Å². The minimum absolute atomic E-state index is 0.0393. The molecule has 3 N–H and O–H groups in total. The Hall–Kier alpha value is -2.27. The van der Waals surface area contributed by atoms with E-state index in [0.29, 0.717) is 17.1 Å². The van der Waals surface area contributed by atoms with Gasteiger partial charge in [0.1, 0.15) is 0 Å². The standard InChI is InChI=1S/C15H14N3O3P/c19-22(20,21)11-9-14(12-5-1-3-7-16-12)18-15(10-11)13-6-2-4-8-17-13/h1-10,14,18H,(H2,19,20,21). The average molecular weight is 315 g/mol. The highest BCUT2D eigenvalue weighted by Gasteiger charge is 2.27. The third-order valence-corrected chi connectivity index (χ3v) is 4.18. The van der Waals surface area contributed by atoms with E-state index in [1.165, 1.54) is 12.2 Å². The normalized spacial score (nSPS) is 18.2. The maximum absolute atomic E-state index is 11.7. The number of allylic oxidation sites excluding steroid dienone is 2. The molecule has 0 saturated carbocycles. The molecule has 1 atom stereocenters. The van der Waals surface area contributed by atoms with Gasteiger partial charge in [0, 0.05) is 12.4 Å². The topological polar surface area (TPSA) is 95.3 Å². The van der Waals surface area contributed by atoms with Gasteiger partial charge in [0.2, 0.25) is 0 Å². The molecule has 0 aromatic carbocycles. The molecular weight excluding hydrogens is 301 g/mol. The van der Waals surface area contributed by atoms with Gasteiger partial charge >= 0.3 is 7.60 Å². The summed E-state index contributed by atoms with van der Waals surface area (Å²) >= 11 is 0. The summed E-state index contributed by atoms with van der Waals surface area (Å²) in [5, 5.41) is 3.17. The highest BCUT2D eigenvalue weighted by atomic mass is 31.2. The lowest BCUT2D eigenvalue weighted by Gasteiger charge is -2.24. The van der Waals surface area contributed by atoms with Gasteiger partial charge in [0.05, 0.1) is 28.4 Å². The summed E-state index contributed by atoms with van der Waals surface area (Å²) in [6.07, 6.45) is 6.20. The van der Waals surface area contributed by atoms with Gasteiger partial charge in [-0.05, 0) is 36.4 Å². The Morgan fingerprint density at radius 3 is 2.36 bits per heavy atom. The molecule has 112 valence electrons. The summed E-state index contributed by atoms with van der Waals surface area (Å²) in [7, 11) is -4.37. The van der Waals surface area contributed by atoms with Crippen LogP contribution in [0, 0.1) is 0 Å². The van der Waals surface area contributed by atoms with Crippen molar-refractivity contribution in [2.24, 2.45) is 0 Å². The van der Waals surface area contributed by atoms with Crippen LogP contribution in [-0.2, 0) is 4.57 Å². The van der Waals surface area contributed by atoms with Crippen molar-refractivity contribution in [1.82, 2.24) is 15.3 Å². The molecular formula is C15H14N3O3P. The molecule has 7 heteroatoms. The minimum atomic E-state index is -4.37. The van der Waals surface area contributed by atoms with Crippen molar-refractivity contribution >= 4 is 13.3 Å². The Balaban J connectivity index is 2.04. The van der Waals surface area contributed by atoms with Gasteiger partial charge in [-0.25, -0.2) is 0 Å². The van der Waals surface area contributed by atoms with Crippen molar-refractivity contribution in [2.45, 2.75) is 6.04 Å². The first-order chi connectivity index (χ1) is 10.5. The van der Waals surface area contributed by atoms with Gasteiger partial charge in [-0.3, -0.25) is 14.5 Å². The fraction of sp³-hybridized carbons (Fsp3) is 0.0667. The van der Waals surface area contributed by atoms with Crippen molar-refractivity contribution in [2.75, 3.05) is 0 Å². The number of aromatic nitrogens is 2. The molecule has 2 aromatic heterocycles. The van der Waals surface area contributed by atoms with Crippen LogP contribution in [0.2, 0.25) is 0 Å². The number of pyridine rings is 2. The lowest BCUT2D eigenvalue weighted by atomic mass is 10.1.